The van der Waals surface area contributed by atoms with Crippen LogP contribution in [0.2, 0.25) is 18.1 Å². The Kier molecular flexibility index (Phi) is 21.3. The second-order valence-corrected chi connectivity index (χ2v) is 23.9. The number of amides is 2. The molecule has 6 aromatic carbocycles. The number of anilines is 2. The molecule has 7 nitrogen and oxygen atoms in total. The zero-order chi connectivity index (χ0) is 51.6. The van der Waals surface area contributed by atoms with Gasteiger partial charge in [-0.15, -0.1) is 24.0 Å². The Hall–Kier alpha value is -4.41. The van der Waals surface area contributed by atoms with Crippen molar-refractivity contribution in [3.05, 3.63) is 209 Å². The van der Waals surface area contributed by atoms with Crippen molar-refractivity contribution in [3.8, 4) is 5.75 Å². The van der Waals surface area contributed by atoms with E-state index in [0.29, 0.717) is 42.0 Å². The standard InChI is InChI=1S/C32H37F2NO2Si.C25H21F2NO3.I2.HI/c1-22-7-9-24(10-8-22)30-29(31(36)35(30)28-18-16-27(34)17-19-28)20-13-25(23-11-14-26(33)15-12-23)21-37-38(5,6)32(2,3)4;26-19-6-1-16(2-7-19)18(15-29)5-14-23-24(17-3-12-22(30)13-4-17)28(25(23)31)21-10-8-20(27)9-11-21;1-2;/h7-19,29-30H,20-21H2,1-6H3;1-13,23-24,29-30H,14-15H2;;1H/b25-13+;18-5+;;/t29-,30?;23-,24?;;/m11../s1. The maximum atomic E-state index is 13.7. The molecule has 2 amide bonds. The molecule has 2 fully saturated rings. The van der Waals surface area contributed by atoms with Crippen molar-refractivity contribution in [1.82, 2.24) is 0 Å². The van der Waals surface area contributed by atoms with E-state index >= 15 is 0 Å². The molecule has 0 saturated carbocycles. The van der Waals surface area contributed by atoms with Gasteiger partial charge in [-0.05, 0) is 156 Å². The number of aliphatic hydroxyl groups excluding tert-OH is 1. The lowest BCUT2D eigenvalue weighted by Crippen LogP contribution is -2.55. The molecule has 2 heterocycles. The molecule has 2 saturated heterocycles. The zero-order valence-corrected chi connectivity index (χ0v) is 48.5. The fraction of sp³-hybridized carbons (Fsp3) is 0.263. The number of phenols is 1. The van der Waals surface area contributed by atoms with E-state index in [2.05, 4.69) is 89.3 Å². The molecule has 0 radical (unpaired) electrons. The first-order chi connectivity index (χ1) is 33.8. The SMILES string of the molecule is Cc1ccc(C2[C@@H](C/C=C(\CO[Si](C)(C)C(C)(C)C)c3ccc(F)cc3)C(=O)N2c2ccc(F)cc2)cc1.I.II.O=C1[C@H](C/C=C(\CO)c2ccc(F)cc2)C(c2ccc(O)cc2)N1c1ccc(F)cc1. The summed E-state index contributed by atoms with van der Waals surface area (Å²) < 4.78 is 60.4. The Morgan fingerprint density at radius 2 is 0.944 bits per heavy atom. The van der Waals surface area contributed by atoms with Gasteiger partial charge in [-0.2, -0.15) is 0 Å². The van der Waals surface area contributed by atoms with Gasteiger partial charge >= 0.3 is 0 Å². The van der Waals surface area contributed by atoms with Crippen LogP contribution in [0, 0.1) is 42.0 Å². The predicted octanol–water partition coefficient (Wildman–Crippen LogP) is 15.7. The topological polar surface area (TPSA) is 90.3 Å². The van der Waals surface area contributed by atoms with Gasteiger partial charge in [0.25, 0.3) is 0 Å². The number of β-lactam (4-membered cyclic amide) rings is 2. The summed E-state index contributed by atoms with van der Waals surface area (Å²) in [4.78, 5) is 29.9. The second kappa shape index (κ2) is 26.2. The van der Waals surface area contributed by atoms with E-state index in [1.54, 1.807) is 88.7 Å². The van der Waals surface area contributed by atoms with Crippen LogP contribution >= 0.6 is 61.2 Å². The Bertz CT molecular complexity index is 2790. The lowest BCUT2D eigenvalue weighted by Gasteiger charge is -2.47. The molecule has 4 atom stereocenters. The van der Waals surface area contributed by atoms with Gasteiger partial charge in [0.2, 0.25) is 11.8 Å². The Morgan fingerprint density at radius 3 is 1.32 bits per heavy atom. The van der Waals surface area contributed by atoms with E-state index in [4.69, 9.17) is 4.43 Å². The van der Waals surface area contributed by atoms with Gasteiger partial charge in [-0.3, -0.25) is 9.59 Å². The first-order valence-corrected chi connectivity index (χ1v) is 32.4. The van der Waals surface area contributed by atoms with Crippen molar-refractivity contribution >= 4 is 104 Å². The maximum Gasteiger partial charge on any atom is 0.233 e. The monoisotopic (exact) mass is 1340 g/mol. The average Bonchev–Trinajstić information content (AvgIpc) is 3.35. The van der Waals surface area contributed by atoms with E-state index in [9.17, 15) is 37.4 Å². The van der Waals surface area contributed by atoms with Crippen LogP contribution in [0.5, 0.6) is 5.75 Å². The molecule has 15 heteroatoms. The van der Waals surface area contributed by atoms with Crippen molar-refractivity contribution in [1.29, 1.82) is 0 Å². The molecule has 6 aromatic rings. The Labute approximate surface area is 461 Å². The van der Waals surface area contributed by atoms with Crippen LogP contribution in [0.25, 0.3) is 11.1 Å². The summed E-state index contributed by atoms with van der Waals surface area (Å²) in [6.45, 7) is 13.2. The average molecular weight is 1340 g/mol. The van der Waals surface area contributed by atoms with Crippen molar-refractivity contribution in [2.75, 3.05) is 23.0 Å². The number of carbonyl (C=O) groups excluding carboxylic acids is 2. The number of phenolic OH excluding ortho intramolecular Hbond substituents is 1. The maximum absolute atomic E-state index is 13.7. The third-order valence-corrected chi connectivity index (χ3v) is 18.0. The zero-order valence-electron chi connectivity index (χ0n) is 40.8. The molecular weight excluding hydrogens is 1280 g/mol. The number of nitrogens with zero attached hydrogens (tertiary/aromatic N) is 2. The molecule has 0 spiro atoms. The molecule has 2 N–H and O–H groups in total. The minimum absolute atomic E-state index is 0. The molecule has 2 unspecified atom stereocenters. The Balaban J connectivity index is 0.000000260. The van der Waals surface area contributed by atoms with Crippen molar-refractivity contribution in [3.63, 3.8) is 0 Å². The normalized spacial score (nSPS) is 17.9. The minimum atomic E-state index is -2.03. The quantitative estimate of drug-likeness (QED) is 0.0491. The highest BCUT2D eigenvalue weighted by Crippen LogP contribution is 2.47. The number of aliphatic hydroxyl groups is 1. The third-order valence-electron chi connectivity index (χ3n) is 13.5. The van der Waals surface area contributed by atoms with Crippen LogP contribution in [-0.2, 0) is 14.0 Å². The molecular formula is C57H59F4I3N2O5Si. The number of aromatic hydroxyl groups is 1. The van der Waals surface area contributed by atoms with Crippen molar-refractivity contribution < 1.29 is 41.8 Å². The number of halogens is 7. The highest BCUT2D eigenvalue weighted by molar-refractivity contribution is 15.0. The fourth-order valence-corrected chi connectivity index (χ4v) is 9.36. The fourth-order valence-electron chi connectivity index (χ4n) is 8.41. The number of allylic oxidation sites excluding steroid dienone is 2. The number of hydrogen-bond acceptors (Lipinski definition) is 5. The number of aryl methyl sites for hydroxylation is 1. The van der Waals surface area contributed by atoms with Gasteiger partial charge in [0.1, 0.15) is 29.0 Å². The minimum Gasteiger partial charge on any atom is -0.508 e. The molecule has 2 aliphatic heterocycles. The van der Waals surface area contributed by atoms with Crippen LogP contribution in [0.3, 0.4) is 0 Å². The first-order valence-electron chi connectivity index (χ1n) is 23.2. The van der Waals surface area contributed by atoms with Crippen LogP contribution < -0.4 is 9.80 Å². The van der Waals surface area contributed by atoms with Gasteiger partial charge in [0.15, 0.2) is 8.32 Å². The summed E-state index contributed by atoms with van der Waals surface area (Å²) in [5.41, 5.74) is 7.43. The summed E-state index contributed by atoms with van der Waals surface area (Å²) in [7, 11) is -2.03. The number of hydrogen-bond donors (Lipinski definition) is 2. The van der Waals surface area contributed by atoms with Gasteiger partial charge in [0, 0.05) is 48.6 Å². The lowest BCUT2D eigenvalue weighted by molar-refractivity contribution is -0.131. The molecule has 0 aromatic heterocycles. The molecule has 0 bridgehead atoms. The largest absolute Gasteiger partial charge is 0.508 e. The Morgan fingerprint density at radius 1 is 0.597 bits per heavy atom. The van der Waals surface area contributed by atoms with Crippen molar-refractivity contribution in [2.24, 2.45) is 11.8 Å². The predicted molar refractivity (Wildman–Crippen MR) is 311 cm³/mol. The van der Waals surface area contributed by atoms with Crippen LogP contribution in [-0.4, -0.2) is 43.6 Å². The van der Waals surface area contributed by atoms with E-state index in [0.717, 1.165) is 27.8 Å². The van der Waals surface area contributed by atoms with Gasteiger partial charge < -0.3 is 24.4 Å². The third kappa shape index (κ3) is 14.2. The lowest BCUT2D eigenvalue weighted by atomic mass is 9.79. The van der Waals surface area contributed by atoms with Gasteiger partial charge in [-0.25, -0.2) is 17.6 Å². The summed E-state index contributed by atoms with van der Waals surface area (Å²) in [5, 5.41) is 19.4. The summed E-state index contributed by atoms with van der Waals surface area (Å²) >= 11 is 4.24. The smallest absolute Gasteiger partial charge is 0.233 e. The first kappa shape index (κ1) is 58.5. The van der Waals surface area contributed by atoms with E-state index in [1.807, 2.05) is 19.1 Å². The van der Waals surface area contributed by atoms with Gasteiger partial charge in [-0.1, -0.05) is 99.2 Å². The molecule has 380 valence electrons. The summed E-state index contributed by atoms with van der Waals surface area (Å²) in [6.07, 6.45) is 4.76. The van der Waals surface area contributed by atoms with Crippen LogP contribution in [0.4, 0.5) is 28.9 Å². The highest BCUT2D eigenvalue weighted by atomic mass is 128. The van der Waals surface area contributed by atoms with Crippen LogP contribution in [0.15, 0.2) is 158 Å². The highest BCUT2D eigenvalue weighted by Gasteiger charge is 2.49. The van der Waals surface area contributed by atoms with Crippen LogP contribution in [0.1, 0.15) is 73.5 Å². The molecule has 72 heavy (non-hydrogen) atoms. The van der Waals surface area contributed by atoms with Crippen molar-refractivity contribution in [2.45, 2.75) is 70.8 Å². The van der Waals surface area contributed by atoms with E-state index in [-0.39, 0.29) is 94.5 Å². The summed E-state index contributed by atoms with van der Waals surface area (Å²) in [5.74, 6) is -2.03. The number of rotatable bonds is 14. The molecule has 0 aliphatic carbocycles. The number of benzene rings is 6. The molecule has 2 aliphatic rings. The van der Waals surface area contributed by atoms with Gasteiger partial charge in [0.05, 0.1) is 37.1 Å². The number of carbonyl (C=O) groups is 2. The second-order valence-electron chi connectivity index (χ2n) is 19.1. The summed E-state index contributed by atoms with van der Waals surface area (Å²) in [6, 6.07) is 38.4. The van der Waals surface area contributed by atoms with E-state index < -0.39 is 14.2 Å². The molecule has 8 rings (SSSR count). The van der Waals surface area contributed by atoms with E-state index in [1.165, 1.54) is 48.5 Å².